The Labute approximate surface area is 97.3 Å². The second-order valence-corrected chi connectivity index (χ2v) is 4.06. The van der Waals surface area contributed by atoms with E-state index in [1.54, 1.807) is 21.1 Å². The Morgan fingerprint density at radius 3 is 2.44 bits per heavy atom. The van der Waals surface area contributed by atoms with Gasteiger partial charge in [-0.15, -0.1) is 0 Å². The minimum atomic E-state index is -0.177. The molecule has 94 valence electrons. The third-order valence-corrected chi connectivity index (χ3v) is 2.97. The van der Waals surface area contributed by atoms with Crippen molar-refractivity contribution >= 4 is 5.91 Å². The Morgan fingerprint density at radius 2 is 1.88 bits per heavy atom. The Morgan fingerprint density at radius 1 is 1.19 bits per heavy atom. The molecule has 0 saturated carbocycles. The fourth-order valence-electron chi connectivity index (χ4n) is 1.92. The van der Waals surface area contributed by atoms with Crippen LogP contribution in [-0.4, -0.2) is 68.9 Å². The van der Waals surface area contributed by atoms with Gasteiger partial charge in [-0.25, -0.2) is 0 Å². The monoisotopic (exact) mass is 230 g/mol. The number of hydrogen-bond donors (Lipinski definition) is 0. The van der Waals surface area contributed by atoms with Crippen molar-refractivity contribution in [1.82, 2.24) is 9.80 Å². The first-order valence-corrected chi connectivity index (χ1v) is 5.71. The maximum Gasteiger partial charge on any atom is 0.219 e. The van der Waals surface area contributed by atoms with Gasteiger partial charge in [-0.05, 0) is 6.42 Å². The van der Waals surface area contributed by atoms with E-state index in [-0.39, 0.29) is 12.2 Å². The molecule has 0 unspecified atom stereocenters. The van der Waals surface area contributed by atoms with Crippen LogP contribution >= 0.6 is 0 Å². The zero-order valence-electron chi connectivity index (χ0n) is 10.4. The van der Waals surface area contributed by atoms with E-state index in [4.69, 9.17) is 9.47 Å². The molecule has 0 radical (unpaired) electrons. The zero-order valence-corrected chi connectivity index (χ0v) is 10.4. The summed E-state index contributed by atoms with van der Waals surface area (Å²) in [7, 11) is 3.29. The summed E-state index contributed by atoms with van der Waals surface area (Å²) >= 11 is 0. The molecule has 5 nitrogen and oxygen atoms in total. The summed E-state index contributed by atoms with van der Waals surface area (Å²) in [5, 5.41) is 0. The number of carbonyl (C=O) groups is 1. The van der Waals surface area contributed by atoms with Crippen molar-refractivity contribution in [1.29, 1.82) is 0 Å². The first kappa shape index (κ1) is 13.4. The molecule has 1 saturated heterocycles. The molecule has 0 bridgehead atoms. The molecular formula is C11H22N2O3. The Bertz CT molecular complexity index is 219. The highest BCUT2D eigenvalue weighted by atomic mass is 16.7. The van der Waals surface area contributed by atoms with Crippen LogP contribution in [0.2, 0.25) is 0 Å². The zero-order chi connectivity index (χ0) is 12.0. The molecule has 5 heteroatoms. The lowest BCUT2D eigenvalue weighted by Crippen LogP contribution is -2.38. The topological polar surface area (TPSA) is 42.0 Å². The predicted molar refractivity (Wildman–Crippen MR) is 61.1 cm³/mol. The van der Waals surface area contributed by atoms with Gasteiger partial charge in [-0.2, -0.15) is 0 Å². The highest BCUT2D eigenvalue weighted by Crippen LogP contribution is 2.05. The molecule has 0 aromatic rings. The number of nitrogens with zero attached hydrogens (tertiary/aromatic N) is 2. The van der Waals surface area contributed by atoms with E-state index < -0.39 is 0 Å². The van der Waals surface area contributed by atoms with Gasteiger partial charge in [0.25, 0.3) is 0 Å². The standard InChI is InChI=1S/C11H22N2O3/c1-10(14)13-6-4-5-12(7-8-13)9-11(15-2)16-3/h11H,4-9H2,1-3H3. The Kier molecular flexibility index (Phi) is 5.73. The molecule has 16 heavy (non-hydrogen) atoms. The lowest BCUT2D eigenvalue weighted by molar-refractivity contribution is -0.128. The molecule has 0 spiro atoms. The van der Waals surface area contributed by atoms with Crippen LogP contribution in [0.4, 0.5) is 0 Å². The summed E-state index contributed by atoms with van der Waals surface area (Å²) in [5.41, 5.74) is 0. The van der Waals surface area contributed by atoms with Crippen molar-refractivity contribution < 1.29 is 14.3 Å². The SMILES string of the molecule is COC(CN1CCCN(C(C)=O)CC1)OC. The molecule has 1 fully saturated rings. The van der Waals surface area contributed by atoms with Gasteiger partial charge >= 0.3 is 0 Å². The summed E-state index contributed by atoms with van der Waals surface area (Å²) in [5.74, 6) is 0.164. The van der Waals surface area contributed by atoms with E-state index in [1.165, 1.54) is 0 Å². The first-order chi connectivity index (χ1) is 7.67. The molecule has 0 aromatic heterocycles. The quantitative estimate of drug-likeness (QED) is 0.645. The average molecular weight is 230 g/mol. The molecule has 0 aliphatic carbocycles. The maximum absolute atomic E-state index is 11.3. The van der Waals surface area contributed by atoms with Gasteiger partial charge in [0.1, 0.15) is 0 Å². The van der Waals surface area contributed by atoms with Crippen molar-refractivity contribution in [2.45, 2.75) is 19.6 Å². The summed E-state index contributed by atoms with van der Waals surface area (Å²) in [6, 6.07) is 0. The van der Waals surface area contributed by atoms with Crippen molar-refractivity contribution in [3.05, 3.63) is 0 Å². The molecule has 0 atom stereocenters. The molecule has 1 heterocycles. The highest BCUT2D eigenvalue weighted by Gasteiger charge is 2.18. The largest absolute Gasteiger partial charge is 0.355 e. The van der Waals surface area contributed by atoms with Crippen LogP contribution in [0.1, 0.15) is 13.3 Å². The van der Waals surface area contributed by atoms with Gasteiger partial charge in [0.2, 0.25) is 5.91 Å². The van der Waals surface area contributed by atoms with E-state index in [1.807, 2.05) is 4.90 Å². The van der Waals surface area contributed by atoms with Crippen LogP contribution in [0.3, 0.4) is 0 Å². The fraction of sp³-hybridized carbons (Fsp3) is 0.909. The first-order valence-electron chi connectivity index (χ1n) is 5.71. The number of ether oxygens (including phenoxy) is 2. The van der Waals surface area contributed by atoms with Gasteiger partial charge in [0, 0.05) is 53.9 Å². The van der Waals surface area contributed by atoms with E-state index >= 15 is 0 Å². The molecule has 1 aliphatic rings. The summed E-state index contributed by atoms with van der Waals surface area (Å²) in [6.07, 6.45) is 0.837. The Hall–Kier alpha value is -0.650. The van der Waals surface area contributed by atoms with Crippen molar-refractivity contribution in [2.24, 2.45) is 0 Å². The molecule has 0 N–H and O–H groups in total. The third kappa shape index (κ3) is 4.08. The Balaban J connectivity index is 2.38. The number of rotatable bonds is 4. The van der Waals surface area contributed by atoms with E-state index in [2.05, 4.69) is 4.90 Å². The number of hydrogen-bond acceptors (Lipinski definition) is 4. The molecule has 1 amide bonds. The second kappa shape index (κ2) is 6.83. The summed E-state index contributed by atoms with van der Waals surface area (Å²) < 4.78 is 10.3. The lowest BCUT2D eigenvalue weighted by atomic mass is 10.4. The van der Waals surface area contributed by atoms with Gasteiger partial charge in [-0.3, -0.25) is 9.69 Å². The van der Waals surface area contributed by atoms with E-state index in [9.17, 15) is 4.79 Å². The number of carbonyl (C=O) groups excluding carboxylic acids is 1. The van der Waals surface area contributed by atoms with Crippen molar-refractivity contribution in [3.63, 3.8) is 0 Å². The van der Waals surface area contributed by atoms with Crippen molar-refractivity contribution in [2.75, 3.05) is 46.9 Å². The van der Waals surface area contributed by atoms with Crippen LogP contribution in [0.15, 0.2) is 0 Å². The van der Waals surface area contributed by atoms with Gasteiger partial charge in [0.05, 0.1) is 0 Å². The lowest BCUT2D eigenvalue weighted by Gasteiger charge is -2.24. The van der Waals surface area contributed by atoms with Crippen LogP contribution in [0, 0.1) is 0 Å². The van der Waals surface area contributed by atoms with Gasteiger partial charge in [-0.1, -0.05) is 0 Å². The maximum atomic E-state index is 11.3. The minimum Gasteiger partial charge on any atom is -0.355 e. The van der Waals surface area contributed by atoms with Crippen LogP contribution in [0.5, 0.6) is 0 Å². The molecule has 1 aliphatic heterocycles. The van der Waals surface area contributed by atoms with Crippen LogP contribution in [0.25, 0.3) is 0 Å². The normalized spacial score (nSPS) is 18.9. The second-order valence-electron chi connectivity index (χ2n) is 4.06. The van der Waals surface area contributed by atoms with Gasteiger partial charge in [0.15, 0.2) is 6.29 Å². The van der Waals surface area contributed by atoms with E-state index in [0.29, 0.717) is 0 Å². The summed E-state index contributed by atoms with van der Waals surface area (Å²) in [4.78, 5) is 15.4. The minimum absolute atomic E-state index is 0.164. The predicted octanol–water partition coefficient (Wildman–Crippen LogP) is 0.160. The molecule has 0 aromatic carbocycles. The molecular weight excluding hydrogens is 208 g/mol. The van der Waals surface area contributed by atoms with Crippen molar-refractivity contribution in [3.8, 4) is 0 Å². The summed E-state index contributed by atoms with van der Waals surface area (Å²) in [6.45, 7) is 5.93. The van der Waals surface area contributed by atoms with Crippen LogP contribution < -0.4 is 0 Å². The third-order valence-electron chi connectivity index (χ3n) is 2.97. The smallest absolute Gasteiger partial charge is 0.219 e. The number of amides is 1. The van der Waals surface area contributed by atoms with Crippen LogP contribution in [-0.2, 0) is 14.3 Å². The van der Waals surface area contributed by atoms with Gasteiger partial charge < -0.3 is 14.4 Å². The number of methoxy groups -OCH3 is 2. The molecule has 1 rings (SSSR count). The average Bonchev–Trinajstić information content (AvgIpc) is 2.51. The highest BCUT2D eigenvalue weighted by molar-refractivity contribution is 5.73. The fourth-order valence-corrected chi connectivity index (χ4v) is 1.92. The van der Waals surface area contributed by atoms with E-state index in [0.717, 1.165) is 39.1 Å².